The highest BCUT2D eigenvalue weighted by atomic mass is 19.1. The molecule has 2 aromatic heterocycles. The van der Waals surface area contributed by atoms with Crippen molar-refractivity contribution >= 4 is 22.8 Å². The number of rotatable bonds is 6. The third kappa shape index (κ3) is 4.43. The number of carbonyl (C=O) groups excluding carboxylic acids is 1. The number of aryl methyl sites for hydroxylation is 2. The fourth-order valence-electron chi connectivity index (χ4n) is 4.58. The summed E-state index contributed by atoms with van der Waals surface area (Å²) in [6, 6.07) is 6.33. The monoisotopic (exact) mass is 450 g/mol. The maximum atomic E-state index is 13.5. The molecule has 1 aliphatic carbocycles. The average molecular weight is 451 g/mol. The van der Waals surface area contributed by atoms with Gasteiger partial charge in [0, 0.05) is 38.5 Å². The van der Waals surface area contributed by atoms with Gasteiger partial charge in [0.1, 0.15) is 17.5 Å². The van der Waals surface area contributed by atoms with Crippen LogP contribution in [0.2, 0.25) is 0 Å². The Hall–Kier alpha value is -3.03. The fourth-order valence-corrected chi connectivity index (χ4v) is 4.58. The molecule has 8 heteroatoms. The molecule has 2 aliphatic rings. The summed E-state index contributed by atoms with van der Waals surface area (Å²) in [4.78, 5) is 26.8. The summed E-state index contributed by atoms with van der Waals surface area (Å²) >= 11 is 0. The van der Waals surface area contributed by atoms with Crippen molar-refractivity contribution < 1.29 is 9.18 Å². The van der Waals surface area contributed by atoms with Crippen molar-refractivity contribution in [2.45, 2.75) is 52.4 Å². The molecule has 1 aromatic carbocycles. The van der Waals surface area contributed by atoms with E-state index in [-0.39, 0.29) is 11.7 Å². The van der Waals surface area contributed by atoms with Gasteiger partial charge < -0.3 is 9.80 Å². The number of unbranched alkanes of at least 4 members (excludes halogenated alkanes) is 1. The van der Waals surface area contributed by atoms with Crippen molar-refractivity contribution in [2.75, 3.05) is 31.1 Å². The zero-order chi connectivity index (χ0) is 22.9. The molecule has 3 aromatic rings. The molecule has 1 saturated heterocycles. The molecule has 1 amide bonds. The van der Waals surface area contributed by atoms with Gasteiger partial charge in [0.15, 0.2) is 5.65 Å². The second kappa shape index (κ2) is 9.08. The second-order valence-electron chi connectivity index (χ2n) is 9.18. The molecule has 0 atom stereocenters. The van der Waals surface area contributed by atoms with Crippen molar-refractivity contribution in [3.63, 3.8) is 0 Å². The van der Waals surface area contributed by atoms with Crippen LogP contribution in [-0.2, 0) is 11.2 Å². The van der Waals surface area contributed by atoms with E-state index in [1.165, 1.54) is 12.1 Å². The van der Waals surface area contributed by atoms with Crippen LogP contribution in [0.4, 0.5) is 10.2 Å². The topological polar surface area (TPSA) is 67.2 Å². The van der Waals surface area contributed by atoms with E-state index in [0.29, 0.717) is 5.91 Å². The van der Waals surface area contributed by atoms with Gasteiger partial charge >= 0.3 is 0 Å². The summed E-state index contributed by atoms with van der Waals surface area (Å²) in [5.41, 5.74) is 2.38. The Kier molecular flexibility index (Phi) is 6.00. The van der Waals surface area contributed by atoms with E-state index in [4.69, 9.17) is 15.1 Å². The first kappa shape index (κ1) is 21.8. The number of anilines is 1. The maximum Gasteiger partial charge on any atom is 0.225 e. The third-order valence-corrected chi connectivity index (χ3v) is 6.59. The zero-order valence-corrected chi connectivity index (χ0v) is 19.4. The van der Waals surface area contributed by atoms with Gasteiger partial charge in [0.2, 0.25) is 5.91 Å². The smallest absolute Gasteiger partial charge is 0.225 e. The molecule has 2 fully saturated rings. The molecular formula is C25H31FN6O. The summed E-state index contributed by atoms with van der Waals surface area (Å²) in [6.07, 6.45) is 5.86. The minimum atomic E-state index is -0.277. The van der Waals surface area contributed by atoms with Crippen LogP contribution in [-0.4, -0.2) is 56.7 Å². The molecule has 3 heterocycles. The van der Waals surface area contributed by atoms with E-state index < -0.39 is 0 Å². The maximum absolute atomic E-state index is 13.5. The van der Waals surface area contributed by atoms with Gasteiger partial charge in [0.25, 0.3) is 0 Å². The van der Waals surface area contributed by atoms with Crippen LogP contribution in [0.15, 0.2) is 24.3 Å². The van der Waals surface area contributed by atoms with Crippen LogP contribution < -0.4 is 4.90 Å². The lowest BCUT2D eigenvalue weighted by atomic mass is 10.2. The van der Waals surface area contributed by atoms with Gasteiger partial charge in [-0.3, -0.25) is 4.79 Å². The quantitative estimate of drug-likeness (QED) is 0.567. The van der Waals surface area contributed by atoms with Crippen molar-refractivity contribution in [3.05, 3.63) is 41.6 Å². The molecule has 0 bridgehead atoms. The van der Waals surface area contributed by atoms with Crippen LogP contribution in [0.5, 0.6) is 0 Å². The van der Waals surface area contributed by atoms with E-state index in [2.05, 4.69) is 11.8 Å². The number of fused-ring (bicyclic) bond motifs is 1. The van der Waals surface area contributed by atoms with Gasteiger partial charge in [-0.25, -0.2) is 19.0 Å². The molecule has 33 heavy (non-hydrogen) atoms. The molecule has 174 valence electrons. The van der Waals surface area contributed by atoms with E-state index >= 15 is 0 Å². The van der Waals surface area contributed by atoms with E-state index in [9.17, 15) is 9.18 Å². The van der Waals surface area contributed by atoms with Gasteiger partial charge in [0.05, 0.1) is 16.8 Å². The van der Waals surface area contributed by atoms with Gasteiger partial charge in [-0.1, -0.05) is 13.3 Å². The molecule has 7 nitrogen and oxygen atoms in total. The molecular weight excluding hydrogens is 419 g/mol. The predicted octanol–water partition coefficient (Wildman–Crippen LogP) is 4.05. The van der Waals surface area contributed by atoms with E-state index in [0.717, 1.165) is 98.8 Å². The van der Waals surface area contributed by atoms with Crippen LogP contribution in [0, 0.1) is 18.7 Å². The highest BCUT2D eigenvalue weighted by Crippen LogP contribution is 2.33. The Morgan fingerprint density at radius 3 is 2.61 bits per heavy atom. The lowest BCUT2D eigenvalue weighted by molar-refractivity contribution is -0.132. The van der Waals surface area contributed by atoms with Crippen molar-refractivity contribution in [1.29, 1.82) is 0 Å². The SMILES string of the molecule is CCCCc1nc(N2CCCN(C(=O)C3CC3)CC2)c2c(C)nn(-c3ccc(F)cc3)c2n1. The molecule has 0 spiro atoms. The summed E-state index contributed by atoms with van der Waals surface area (Å²) in [5.74, 6) is 1.99. The zero-order valence-electron chi connectivity index (χ0n) is 19.4. The molecule has 0 unspecified atom stereocenters. The number of amides is 1. The average Bonchev–Trinajstić information content (AvgIpc) is 3.64. The highest BCUT2D eigenvalue weighted by molar-refractivity contribution is 5.91. The van der Waals surface area contributed by atoms with Gasteiger partial charge in [-0.05, 0) is 56.9 Å². The minimum absolute atomic E-state index is 0.249. The van der Waals surface area contributed by atoms with Gasteiger partial charge in [-0.2, -0.15) is 5.10 Å². The van der Waals surface area contributed by atoms with Crippen molar-refractivity contribution in [1.82, 2.24) is 24.6 Å². The first-order valence-electron chi connectivity index (χ1n) is 12.1. The standard InChI is InChI=1S/C25H31FN6O/c1-3-4-6-21-27-23(30-13-5-14-31(16-15-30)25(33)18-7-8-18)22-17(2)29-32(24(22)28-21)20-11-9-19(26)10-12-20/h9-12,18H,3-8,13-16H2,1-2H3. The Bertz CT molecular complexity index is 1150. The lowest BCUT2D eigenvalue weighted by Crippen LogP contribution is -2.36. The first-order valence-corrected chi connectivity index (χ1v) is 12.1. The normalized spacial score (nSPS) is 16.9. The number of carbonyl (C=O) groups is 1. The summed E-state index contributed by atoms with van der Waals surface area (Å²) in [6.45, 7) is 7.25. The number of benzene rings is 1. The summed E-state index contributed by atoms with van der Waals surface area (Å²) < 4.78 is 15.3. The van der Waals surface area contributed by atoms with Crippen LogP contribution in [0.1, 0.15) is 50.5 Å². The molecule has 1 saturated carbocycles. The Labute approximate surface area is 193 Å². The van der Waals surface area contributed by atoms with Crippen LogP contribution >= 0.6 is 0 Å². The molecule has 0 radical (unpaired) electrons. The van der Waals surface area contributed by atoms with Crippen LogP contribution in [0.3, 0.4) is 0 Å². The second-order valence-corrected chi connectivity index (χ2v) is 9.18. The Balaban J connectivity index is 1.54. The van der Waals surface area contributed by atoms with E-state index in [1.807, 2.05) is 11.8 Å². The predicted molar refractivity (Wildman–Crippen MR) is 126 cm³/mol. The number of nitrogens with zero attached hydrogens (tertiary/aromatic N) is 6. The van der Waals surface area contributed by atoms with Crippen molar-refractivity contribution in [3.8, 4) is 5.69 Å². The fraction of sp³-hybridized carbons (Fsp3) is 0.520. The Morgan fingerprint density at radius 1 is 1.09 bits per heavy atom. The highest BCUT2D eigenvalue weighted by Gasteiger charge is 2.34. The van der Waals surface area contributed by atoms with Crippen molar-refractivity contribution in [2.24, 2.45) is 5.92 Å². The number of hydrogen-bond acceptors (Lipinski definition) is 5. The summed E-state index contributed by atoms with van der Waals surface area (Å²) in [7, 11) is 0. The first-order chi connectivity index (χ1) is 16.0. The molecule has 5 rings (SSSR count). The van der Waals surface area contributed by atoms with Gasteiger partial charge in [-0.15, -0.1) is 0 Å². The molecule has 0 N–H and O–H groups in total. The number of hydrogen-bond donors (Lipinski definition) is 0. The summed E-state index contributed by atoms with van der Waals surface area (Å²) in [5, 5.41) is 5.70. The van der Waals surface area contributed by atoms with E-state index in [1.54, 1.807) is 16.8 Å². The number of halogens is 1. The lowest BCUT2D eigenvalue weighted by Gasteiger charge is -2.24. The minimum Gasteiger partial charge on any atom is -0.354 e. The largest absolute Gasteiger partial charge is 0.354 e. The number of aromatic nitrogens is 4. The Morgan fingerprint density at radius 2 is 1.88 bits per heavy atom. The molecule has 1 aliphatic heterocycles. The van der Waals surface area contributed by atoms with Crippen LogP contribution in [0.25, 0.3) is 16.7 Å². The third-order valence-electron chi connectivity index (χ3n) is 6.59.